The summed E-state index contributed by atoms with van der Waals surface area (Å²) in [7, 11) is 3.19. The van der Waals surface area contributed by atoms with Gasteiger partial charge in [0.25, 0.3) is 0 Å². The van der Waals surface area contributed by atoms with E-state index in [-0.39, 0.29) is 6.04 Å². The van der Waals surface area contributed by atoms with Crippen molar-refractivity contribution in [3.63, 3.8) is 0 Å². The standard InChI is InChI=1S/C15H19N3O3/c1-10(2)18-13(12(9-19)16-17-18)7-11-5-6-14(20-3)15(8-11)21-4/h5-6,8-10H,7H2,1-4H3. The van der Waals surface area contributed by atoms with Crippen LogP contribution in [0.5, 0.6) is 11.5 Å². The molecule has 0 saturated carbocycles. The number of nitrogens with zero attached hydrogens (tertiary/aromatic N) is 3. The van der Waals surface area contributed by atoms with Crippen LogP contribution in [-0.2, 0) is 6.42 Å². The van der Waals surface area contributed by atoms with Crippen molar-refractivity contribution in [3.05, 3.63) is 35.2 Å². The number of ether oxygens (including phenoxy) is 2. The first kappa shape index (κ1) is 15.0. The van der Waals surface area contributed by atoms with Crippen LogP contribution in [0.15, 0.2) is 18.2 Å². The molecule has 0 saturated heterocycles. The first-order valence-corrected chi connectivity index (χ1v) is 6.70. The van der Waals surface area contributed by atoms with Gasteiger partial charge in [-0.1, -0.05) is 11.3 Å². The fourth-order valence-electron chi connectivity index (χ4n) is 2.19. The fourth-order valence-corrected chi connectivity index (χ4v) is 2.19. The third kappa shape index (κ3) is 3.04. The highest BCUT2D eigenvalue weighted by molar-refractivity contribution is 5.73. The molecular weight excluding hydrogens is 270 g/mol. The van der Waals surface area contributed by atoms with Crippen molar-refractivity contribution in [2.75, 3.05) is 14.2 Å². The van der Waals surface area contributed by atoms with E-state index in [0.29, 0.717) is 23.6 Å². The first-order valence-electron chi connectivity index (χ1n) is 6.70. The molecule has 1 aromatic carbocycles. The molecule has 21 heavy (non-hydrogen) atoms. The van der Waals surface area contributed by atoms with E-state index in [1.54, 1.807) is 18.9 Å². The molecule has 0 atom stereocenters. The first-order chi connectivity index (χ1) is 10.1. The lowest BCUT2D eigenvalue weighted by Gasteiger charge is -2.12. The van der Waals surface area contributed by atoms with Gasteiger partial charge in [0.1, 0.15) is 5.69 Å². The molecule has 2 aromatic rings. The molecular formula is C15H19N3O3. The Morgan fingerprint density at radius 3 is 2.52 bits per heavy atom. The molecule has 0 amide bonds. The Hall–Kier alpha value is -2.37. The number of carbonyl (C=O) groups is 1. The van der Waals surface area contributed by atoms with Gasteiger partial charge in [0.15, 0.2) is 17.8 Å². The highest BCUT2D eigenvalue weighted by Gasteiger charge is 2.16. The van der Waals surface area contributed by atoms with Crippen molar-refractivity contribution in [2.45, 2.75) is 26.3 Å². The van der Waals surface area contributed by atoms with Gasteiger partial charge in [-0.15, -0.1) is 5.10 Å². The van der Waals surface area contributed by atoms with E-state index < -0.39 is 0 Å². The van der Waals surface area contributed by atoms with Crippen LogP contribution >= 0.6 is 0 Å². The van der Waals surface area contributed by atoms with Crippen molar-refractivity contribution in [1.82, 2.24) is 15.0 Å². The Bertz CT molecular complexity index is 635. The maximum absolute atomic E-state index is 11.1. The maximum atomic E-state index is 11.1. The van der Waals surface area contributed by atoms with Crippen LogP contribution in [0.25, 0.3) is 0 Å². The second kappa shape index (κ2) is 6.39. The van der Waals surface area contributed by atoms with Gasteiger partial charge < -0.3 is 9.47 Å². The van der Waals surface area contributed by atoms with Gasteiger partial charge >= 0.3 is 0 Å². The zero-order valence-electron chi connectivity index (χ0n) is 12.7. The maximum Gasteiger partial charge on any atom is 0.172 e. The summed E-state index contributed by atoms with van der Waals surface area (Å²) in [5, 5.41) is 7.96. The lowest BCUT2D eigenvalue weighted by atomic mass is 10.1. The van der Waals surface area contributed by atoms with Crippen molar-refractivity contribution in [1.29, 1.82) is 0 Å². The third-order valence-corrected chi connectivity index (χ3v) is 3.24. The largest absolute Gasteiger partial charge is 0.493 e. The van der Waals surface area contributed by atoms with E-state index in [1.165, 1.54) is 0 Å². The Labute approximate surface area is 123 Å². The Balaban J connectivity index is 2.38. The minimum atomic E-state index is 0.140. The van der Waals surface area contributed by atoms with E-state index in [1.807, 2.05) is 32.0 Å². The highest BCUT2D eigenvalue weighted by Crippen LogP contribution is 2.28. The van der Waals surface area contributed by atoms with Crippen LogP contribution in [-0.4, -0.2) is 35.5 Å². The molecule has 6 nitrogen and oxygen atoms in total. The zero-order valence-corrected chi connectivity index (χ0v) is 12.7. The second-order valence-electron chi connectivity index (χ2n) is 4.94. The summed E-state index contributed by atoms with van der Waals surface area (Å²) in [5.74, 6) is 1.33. The van der Waals surface area contributed by atoms with Gasteiger partial charge in [-0.3, -0.25) is 4.79 Å². The Morgan fingerprint density at radius 1 is 1.24 bits per heavy atom. The number of aldehydes is 1. The average Bonchev–Trinajstić information content (AvgIpc) is 2.90. The van der Waals surface area contributed by atoms with Crippen molar-refractivity contribution < 1.29 is 14.3 Å². The predicted octanol–water partition coefficient (Wildman–Crippen LogP) is 2.28. The van der Waals surface area contributed by atoms with Crippen LogP contribution in [0.2, 0.25) is 0 Å². The number of rotatable bonds is 6. The molecule has 0 radical (unpaired) electrons. The lowest BCUT2D eigenvalue weighted by molar-refractivity contribution is 0.111. The second-order valence-corrected chi connectivity index (χ2v) is 4.94. The summed E-state index contributed by atoms with van der Waals surface area (Å²) in [5.41, 5.74) is 2.17. The molecule has 0 bridgehead atoms. The predicted molar refractivity (Wildman–Crippen MR) is 78.1 cm³/mol. The van der Waals surface area contributed by atoms with Crippen molar-refractivity contribution >= 4 is 6.29 Å². The van der Waals surface area contributed by atoms with Crippen LogP contribution in [0.4, 0.5) is 0 Å². The quantitative estimate of drug-likeness (QED) is 0.763. The molecule has 0 N–H and O–H groups in total. The van der Waals surface area contributed by atoms with E-state index in [4.69, 9.17) is 9.47 Å². The van der Waals surface area contributed by atoms with E-state index in [2.05, 4.69) is 10.3 Å². The number of carbonyl (C=O) groups excluding carboxylic acids is 1. The number of methoxy groups -OCH3 is 2. The monoisotopic (exact) mass is 289 g/mol. The summed E-state index contributed by atoms with van der Waals surface area (Å²) in [4.78, 5) is 11.1. The molecule has 0 aliphatic rings. The molecule has 112 valence electrons. The molecule has 0 spiro atoms. The van der Waals surface area contributed by atoms with Gasteiger partial charge in [-0.25, -0.2) is 4.68 Å². The van der Waals surface area contributed by atoms with Gasteiger partial charge in [0, 0.05) is 12.5 Å². The molecule has 0 fully saturated rings. The van der Waals surface area contributed by atoms with Crippen LogP contribution in [0.3, 0.4) is 0 Å². The minimum absolute atomic E-state index is 0.140. The normalized spacial score (nSPS) is 10.7. The average molecular weight is 289 g/mol. The SMILES string of the molecule is COc1ccc(Cc2c(C=O)nnn2C(C)C)cc1OC. The van der Waals surface area contributed by atoms with Crippen molar-refractivity contribution in [3.8, 4) is 11.5 Å². The number of hydrogen-bond acceptors (Lipinski definition) is 5. The van der Waals surface area contributed by atoms with Crippen molar-refractivity contribution in [2.24, 2.45) is 0 Å². The summed E-state index contributed by atoms with van der Waals surface area (Å²) in [6, 6.07) is 5.82. The molecule has 1 aromatic heterocycles. The topological polar surface area (TPSA) is 66.2 Å². The fraction of sp³-hybridized carbons (Fsp3) is 0.400. The smallest absolute Gasteiger partial charge is 0.172 e. The van der Waals surface area contributed by atoms with E-state index in [9.17, 15) is 4.79 Å². The Morgan fingerprint density at radius 2 is 1.95 bits per heavy atom. The van der Waals surface area contributed by atoms with Crippen LogP contribution in [0.1, 0.15) is 41.6 Å². The lowest BCUT2D eigenvalue weighted by Crippen LogP contribution is -2.09. The molecule has 6 heteroatoms. The molecule has 2 rings (SSSR count). The number of benzene rings is 1. The summed E-state index contributed by atoms with van der Waals surface area (Å²) in [6.07, 6.45) is 1.29. The van der Waals surface area contributed by atoms with E-state index in [0.717, 1.165) is 17.5 Å². The number of hydrogen-bond donors (Lipinski definition) is 0. The minimum Gasteiger partial charge on any atom is -0.493 e. The number of aromatic nitrogens is 3. The van der Waals surface area contributed by atoms with Crippen LogP contribution < -0.4 is 9.47 Å². The van der Waals surface area contributed by atoms with Gasteiger partial charge in [0.2, 0.25) is 0 Å². The van der Waals surface area contributed by atoms with Gasteiger partial charge in [-0.05, 0) is 31.5 Å². The molecule has 0 unspecified atom stereocenters. The molecule has 0 aliphatic carbocycles. The Kier molecular flexibility index (Phi) is 4.57. The summed E-state index contributed by atoms with van der Waals surface area (Å²) >= 11 is 0. The highest BCUT2D eigenvalue weighted by atomic mass is 16.5. The van der Waals surface area contributed by atoms with Crippen LogP contribution in [0, 0.1) is 0 Å². The van der Waals surface area contributed by atoms with Gasteiger partial charge in [-0.2, -0.15) is 0 Å². The molecule has 1 heterocycles. The molecule has 0 aliphatic heterocycles. The van der Waals surface area contributed by atoms with E-state index >= 15 is 0 Å². The summed E-state index contributed by atoms with van der Waals surface area (Å²) < 4.78 is 12.3. The van der Waals surface area contributed by atoms with Gasteiger partial charge in [0.05, 0.1) is 19.9 Å². The summed E-state index contributed by atoms with van der Waals surface area (Å²) in [6.45, 7) is 4.00. The zero-order chi connectivity index (χ0) is 15.4. The third-order valence-electron chi connectivity index (χ3n) is 3.24.